The van der Waals surface area contributed by atoms with Crippen LogP contribution in [-0.4, -0.2) is 53.8 Å². The van der Waals surface area contributed by atoms with Crippen molar-refractivity contribution in [2.45, 2.75) is 18.9 Å². The molecule has 8 nitrogen and oxygen atoms in total. The zero-order valence-corrected chi connectivity index (χ0v) is 15.0. The van der Waals surface area contributed by atoms with Gasteiger partial charge in [-0.05, 0) is 19.9 Å². The Bertz CT molecular complexity index is 1010. The highest BCUT2D eigenvalue weighted by Gasteiger charge is 2.32. The largest absolute Gasteiger partial charge is 0.477 e. The fourth-order valence-corrected chi connectivity index (χ4v) is 3.73. The Morgan fingerprint density at radius 1 is 1.19 bits per heavy atom. The molecule has 2 heterocycles. The number of carboxylic acids is 1. The summed E-state index contributed by atoms with van der Waals surface area (Å²) < 4.78 is 17.2. The third-order valence-electron chi connectivity index (χ3n) is 5.46. The molecular formula is C18H22FN5O3. The molecule has 1 aromatic carbocycles. The van der Waals surface area contributed by atoms with E-state index in [2.05, 4.69) is 4.90 Å². The minimum absolute atomic E-state index is 0.00783. The summed E-state index contributed by atoms with van der Waals surface area (Å²) in [5, 5.41) is 9.23. The molecule has 5 N–H and O–H groups in total. The number of rotatable bonds is 3. The lowest BCUT2D eigenvalue weighted by Crippen LogP contribution is -2.45. The highest BCUT2D eigenvalue weighted by Crippen LogP contribution is 2.43. The molecule has 0 radical (unpaired) electrons. The number of piperazine rings is 1. The Morgan fingerprint density at radius 2 is 1.81 bits per heavy atom. The van der Waals surface area contributed by atoms with Gasteiger partial charge in [-0.15, -0.1) is 0 Å². The van der Waals surface area contributed by atoms with Crippen molar-refractivity contribution < 1.29 is 14.3 Å². The van der Waals surface area contributed by atoms with Gasteiger partial charge in [0, 0.05) is 38.4 Å². The van der Waals surface area contributed by atoms with E-state index in [-0.39, 0.29) is 34.0 Å². The Labute approximate surface area is 154 Å². The van der Waals surface area contributed by atoms with Crippen molar-refractivity contribution in [2.24, 2.45) is 0 Å². The van der Waals surface area contributed by atoms with E-state index in [0.717, 1.165) is 25.9 Å². The number of carbonyl (C=O) groups is 1. The van der Waals surface area contributed by atoms with Gasteiger partial charge in [-0.2, -0.15) is 0 Å². The average Bonchev–Trinajstić information content (AvgIpc) is 3.46. The predicted molar refractivity (Wildman–Crippen MR) is 102 cm³/mol. The molecule has 1 saturated heterocycles. The first-order chi connectivity index (χ1) is 12.8. The predicted octanol–water partition coefficient (Wildman–Crippen LogP) is 1.09. The Hall–Kier alpha value is -2.81. The van der Waals surface area contributed by atoms with Crippen LogP contribution in [-0.2, 0) is 0 Å². The van der Waals surface area contributed by atoms with E-state index in [1.165, 1.54) is 6.20 Å². The summed E-state index contributed by atoms with van der Waals surface area (Å²) >= 11 is 0. The van der Waals surface area contributed by atoms with Crippen LogP contribution in [0.3, 0.4) is 0 Å². The van der Waals surface area contributed by atoms with Crippen LogP contribution in [0.2, 0.25) is 0 Å². The number of hydrogen-bond acceptors (Lipinski definition) is 6. The third kappa shape index (κ3) is 2.69. The van der Waals surface area contributed by atoms with Crippen molar-refractivity contribution in [3.8, 4) is 0 Å². The lowest BCUT2D eigenvalue weighted by Gasteiger charge is -2.35. The number of hydrogen-bond donors (Lipinski definition) is 3. The number of halogens is 1. The van der Waals surface area contributed by atoms with Crippen molar-refractivity contribution in [1.82, 2.24) is 9.47 Å². The summed E-state index contributed by atoms with van der Waals surface area (Å²) in [4.78, 5) is 28.2. The van der Waals surface area contributed by atoms with Crippen molar-refractivity contribution in [3.05, 3.63) is 27.8 Å². The Morgan fingerprint density at radius 3 is 2.37 bits per heavy atom. The molecule has 0 bridgehead atoms. The average molecular weight is 375 g/mol. The van der Waals surface area contributed by atoms with Crippen LogP contribution < -0.4 is 21.8 Å². The minimum atomic E-state index is -1.36. The Balaban J connectivity index is 2.03. The van der Waals surface area contributed by atoms with Gasteiger partial charge in [0.2, 0.25) is 5.43 Å². The molecule has 2 aliphatic rings. The number of likely N-dealkylation sites (N-methyl/N-ethyl adjacent to an activating group) is 1. The van der Waals surface area contributed by atoms with E-state index < -0.39 is 22.8 Å². The number of anilines is 3. The smallest absolute Gasteiger partial charge is 0.341 e. The van der Waals surface area contributed by atoms with Gasteiger partial charge in [-0.25, -0.2) is 9.18 Å². The number of benzene rings is 1. The van der Waals surface area contributed by atoms with E-state index in [1.54, 1.807) is 4.57 Å². The first-order valence-corrected chi connectivity index (χ1v) is 8.93. The molecule has 0 unspecified atom stereocenters. The summed E-state index contributed by atoms with van der Waals surface area (Å²) in [6.07, 6.45) is 2.83. The normalized spacial score (nSPS) is 18.2. The molecule has 144 valence electrons. The monoisotopic (exact) mass is 375 g/mol. The fourth-order valence-electron chi connectivity index (χ4n) is 3.73. The first kappa shape index (κ1) is 17.6. The van der Waals surface area contributed by atoms with Crippen LogP contribution in [0, 0.1) is 5.82 Å². The van der Waals surface area contributed by atoms with E-state index in [4.69, 9.17) is 11.5 Å². The van der Waals surface area contributed by atoms with Crippen LogP contribution in [0.4, 0.5) is 21.5 Å². The molecular weight excluding hydrogens is 353 g/mol. The van der Waals surface area contributed by atoms with Crippen molar-refractivity contribution >= 4 is 33.9 Å². The second-order valence-corrected chi connectivity index (χ2v) is 7.32. The number of aromatic nitrogens is 1. The second-order valence-electron chi connectivity index (χ2n) is 7.32. The second kappa shape index (κ2) is 6.12. The number of nitrogens with two attached hydrogens (primary N) is 2. The zero-order valence-electron chi connectivity index (χ0n) is 15.0. The van der Waals surface area contributed by atoms with Crippen LogP contribution >= 0.6 is 0 Å². The summed E-state index contributed by atoms with van der Waals surface area (Å²) in [5.41, 5.74) is 11.2. The molecule has 1 aromatic heterocycles. The molecule has 27 heavy (non-hydrogen) atoms. The molecule has 0 spiro atoms. The van der Waals surface area contributed by atoms with Crippen LogP contribution in [0.15, 0.2) is 11.0 Å². The van der Waals surface area contributed by atoms with Gasteiger partial charge in [-0.1, -0.05) is 0 Å². The number of pyridine rings is 1. The van der Waals surface area contributed by atoms with E-state index in [9.17, 15) is 14.7 Å². The number of fused-ring (bicyclic) bond motifs is 1. The summed E-state index contributed by atoms with van der Waals surface area (Å²) in [5.74, 6) is -1.97. The van der Waals surface area contributed by atoms with Crippen LogP contribution in [0.25, 0.3) is 10.9 Å². The third-order valence-corrected chi connectivity index (χ3v) is 5.46. The minimum Gasteiger partial charge on any atom is -0.477 e. The highest BCUT2D eigenvalue weighted by molar-refractivity contribution is 6.05. The number of nitrogens with zero attached hydrogens (tertiary/aromatic N) is 3. The summed E-state index contributed by atoms with van der Waals surface area (Å²) in [7, 11) is 1.99. The lowest BCUT2D eigenvalue weighted by atomic mass is 10.0. The van der Waals surface area contributed by atoms with Gasteiger partial charge < -0.3 is 30.9 Å². The first-order valence-electron chi connectivity index (χ1n) is 8.93. The standard InChI is InChI=1S/C18H22FN5O3/c1-22-4-6-23(7-5-22)16-12(19)15-11(13(20)14(16)21)17(25)10(18(26)27)8-24(15)9-2-3-9/h8-9H,2-7,20-21H2,1H3,(H,26,27). The van der Waals surface area contributed by atoms with Crippen molar-refractivity contribution in [2.75, 3.05) is 49.6 Å². The molecule has 2 fully saturated rings. The molecule has 0 amide bonds. The molecule has 1 aliphatic heterocycles. The zero-order chi connectivity index (χ0) is 19.5. The maximum atomic E-state index is 15.7. The topological polar surface area (TPSA) is 118 Å². The van der Waals surface area contributed by atoms with Crippen LogP contribution in [0.1, 0.15) is 29.2 Å². The van der Waals surface area contributed by atoms with Gasteiger partial charge >= 0.3 is 5.97 Å². The molecule has 4 rings (SSSR count). The molecule has 1 aliphatic carbocycles. The van der Waals surface area contributed by atoms with Gasteiger partial charge in [-0.3, -0.25) is 4.79 Å². The number of carboxylic acid groups (broad SMARTS) is 1. The fraction of sp³-hybridized carbons (Fsp3) is 0.444. The van der Waals surface area contributed by atoms with Gasteiger partial charge in [0.1, 0.15) is 11.3 Å². The van der Waals surface area contributed by atoms with Crippen molar-refractivity contribution in [1.29, 1.82) is 0 Å². The molecule has 9 heteroatoms. The lowest BCUT2D eigenvalue weighted by molar-refractivity contribution is 0.0695. The molecule has 2 aromatic rings. The van der Waals surface area contributed by atoms with Gasteiger partial charge in [0.15, 0.2) is 5.82 Å². The van der Waals surface area contributed by atoms with Crippen molar-refractivity contribution in [3.63, 3.8) is 0 Å². The van der Waals surface area contributed by atoms with Gasteiger partial charge in [0.05, 0.1) is 22.3 Å². The SMILES string of the molecule is CN1CCN(c2c(N)c(N)c3c(=O)c(C(=O)O)cn(C4CC4)c3c2F)CC1. The van der Waals surface area contributed by atoms with Crippen LogP contribution in [0.5, 0.6) is 0 Å². The van der Waals surface area contributed by atoms with E-state index in [0.29, 0.717) is 13.1 Å². The molecule has 0 atom stereocenters. The Kier molecular flexibility index (Phi) is 3.99. The van der Waals surface area contributed by atoms with Gasteiger partial charge in [0.25, 0.3) is 0 Å². The van der Waals surface area contributed by atoms with E-state index >= 15 is 4.39 Å². The maximum Gasteiger partial charge on any atom is 0.341 e. The summed E-state index contributed by atoms with van der Waals surface area (Å²) in [6.45, 7) is 2.68. The maximum absolute atomic E-state index is 15.7. The molecule has 1 saturated carbocycles. The quantitative estimate of drug-likeness (QED) is 0.687. The highest BCUT2D eigenvalue weighted by atomic mass is 19.1. The summed E-state index contributed by atoms with van der Waals surface area (Å²) in [6, 6.07) is -0.0379. The number of nitrogen functional groups attached to an aromatic ring is 2. The van der Waals surface area contributed by atoms with E-state index in [1.807, 2.05) is 11.9 Å². The number of aromatic carboxylic acids is 1.